The number of para-hydroxylation sites is 2. The van der Waals surface area contributed by atoms with Crippen molar-refractivity contribution in [3.63, 3.8) is 0 Å². The topological polar surface area (TPSA) is 112 Å². The van der Waals surface area contributed by atoms with Gasteiger partial charge in [0.15, 0.2) is 0 Å². The monoisotopic (exact) mass is 403 g/mol. The molecule has 1 amide bonds. The van der Waals surface area contributed by atoms with Crippen LogP contribution in [0.2, 0.25) is 0 Å². The second-order valence-corrected chi connectivity index (χ2v) is 6.47. The Bertz CT molecular complexity index is 1240. The van der Waals surface area contributed by atoms with Crippen molar-refractivity contribution in [3.8, 4) is 5.69 Å². The number of hydrogen-bond acceptors (Lipinski definition) is 6. The van der Waals surface area contributed by atoms with Crippen LogP contribution in [0.5, 0.6) is 0 Å². The number of methoxy groups -OCH3 is 1. The maximum atomic E-state index is 12.8. The minimum Gasteiger partial charge on any atom is -0.380 e. The van der Waals surface area contributed by atoms with E-state index in [1.165, 1.54) is 18.2 Å². The van der Waals surface area contributed by atoms with Crippen molar-refractivity contribution < 1.29 is 14.5 Å². The number of rotatable bonds is 6. The van der Waals surface area contributed by atoms with Crippen molar-refractivity contribution in [2.75, 3.05) is 12.4 Å². The fraction of sp³-hybridized carbons (Fsp3) is 0.0952. The van der Waals surface area contributed by atoms with E-state index in [1.54, 1.807) is 44.0 Å². The molecule has 2 heterocycles. The molecule has 2 aromatic carbocycles. The third kappa shape index (κ3) is 3.49. The van der Waals surface area contributed by atoms with Crippen LogP contribution in [0.4, 0.5) is 11.4 Å². The van der Waals surface area contributed by atoms with Crippen LogP contribution >= 0.6 is 0 Å². The Labute approximate surface area is 171 Å². The van der Waals surface area contributed by atoms with E-state index in [9.17, 15) is 14.9 Å². The number of nitro groups is 1. The van der Waals surface area contributed by atoms with Crippen molar-refractivity contribution in [2.45, 2.75) is 6.61 Å². The third-order valence-corrected chi connectivity index (χ3v) is 4.60. The predicted octanol–water partition coefficient (Wildman–Crippen LogP) is 3.73. The molecule has 9 nitrogen and oxygen atoms in total. The van der Waals surface area contributed by atoms with Gasteiger partial charge in [-0.05, 0) is 12.1 Å². The van der Waals surface area contributed by atoms with Crippen molar-refractivity contribution in [3.05, 3.63) is 88.6 Å². The zero-order valence-corrected chi connectivity index (χ0v) is 16.0. The van der Waals surface area contributed by atoms with Gasteiger partial charge in [0.05, 0.1) is 34.7 Å². The Morgan fingerprint density at radius 1 is 1.23 bits per heavy atom. The number of nitrogens with one attached hydrogen (secondary N) is 1. The highest BCUT2D eigenvalue weighted by Gasteiger charge is 2.21. The van der Waals surface area contributed by atoms with Gasteiger partial charge in [-0.2, -0.15) is 0 Å². The Morgan fingerprint density at radius 3 is 2.80 bits per heavy atom. The van der Waals surface area contributed by atoms with Gasteiger partial charge in [-0.15, -0.1) is 0 Å². The van der Waals surface area contributed by atoms with Gasteiger partial charge >= 0.3 is 0 Å². The number of anilines is 1. The summed E-state index contributed by atoms with van der Waals surface area (Å²) in [6, 6.07) is 11.2. The van der Waals surface area contributed by atoms with Gasteiger partial charge < -0.3 is 14.6 Å². The van der Waals surface area contributed by atoms with E-state index in [0.29, 0.717) is 17.8 Å². The average Bonchev–Trinajstić information content (AvgIpc) is 3.28. The van der Waals surface area contributed by atoms with E-state index in [1.807, 2.05) is 16.8 Å². The molecule has 0 aliphatic heterocycles. The first-order valence-corrected chi connectivity index (χ1v) is 9.02. The number of pyridine rings is 1. The number of imidazole rings is 1. The molecule has 4 rings (SSSR count). The van der Waals surface area contributed by atoms with Crippen molar-refractivity contribution in [2.24, 2.45) is 0 Å². The van der Waals surface area contributed by atoms with Crippen LogP contribution in [0.1, 0.15) is 15.9 Å². The molecule has 0 spiro atoms. The minimum atomic E-state index is -0.582. The van der Waals surface area contributed by atoms with Gasteiger partial charge in [0, 0.05) is 42.7 Å². The summed E-state index contributed by atoms with van der Waals surface area (Å²) in [5.74, 6) is -0.582. The summed E-state index contributed by atoms with van der Waals surface area (Å²) in [7, 11) is 1.60. The molecule has 0 aliphatic carbocycles. The summed E-state index contributed by atoms with van der Waals surface area (Å²) < 4.78 is 7.15. The number of benzene rings is 2. The maximum absolute atomic E-state index is 12.8. The van der Waals surface area contributed by atoms with E-state index >= 15 is 0 Å². The fourth-order valence-corrected chi connectivity index (χ4v) is 3.32. The molecule has 1 N–H and O–H groups in total. The molecule has 0 atom stereocenters. The second kappa shape index (κ2) is 8.10. The molecular formula is C21H17N5O4. The molecule has 30 heavy (non-hydrogen) atoms. The third-order valence-electron chi connectivity index (χ3n) is 4.60. The second-order valence-electron chi connectivity index (χ2n) is 6.47. The number of amides is 1. The number of carbonyl (C=O) groups is 1. The lowest BCUT2D eigenvalue weighted by atomic mass is 10.1. The van der Waals surface area contributed by atoms with Crippen LogP contribution < -0.4 is 5.32 Å². The van der Waals surface area contributed by atoms with E-state index in [4.69, 9.17) is 4.74 Å². The van der Waals surface area contributed by atoms with Crippen molar-refractivity contribution in [1.29, 1.82) is 0 Å². The lowest BCUT2D eigenvalue weighted by Crippen LogP contribution is -2.14. The molecule has 0 aliphatic rings. The standard InChI is InChI=1S/C21H17N5O4/c1-30-12-14-11-23-19-16(20(14)25-10-9-22-13-25)6-4-7-17(19)24-21(27)15-5-2-3-8-18(15)26(28)29/h2-11,13H,12H2,1H3,(H,24,27). The van der Waals surface area contributed by atoms with Gasteiger partial charge in [0.1, 0.15) is 5.56 Å². The SMILES string of the molecule is COCc1cnc2c(NC(=O)c3ccccc3[N+](=O)[O-])cccc2c1-n1ccnc1. The maximum Gasteiger partial charge on any atom is 0.282 e. The zero-order chi connectivity index (χ0) is 21.1. The molecule has 0 unspecified atom stereocenters. The number of nitro benzene ring substituents is 1. The first kappa shape index (κ1) is 19.2. The Hall–Kier alpha value is -4.11. The van der Waals surface area contributed by atoms with Crippen LogP contribution in [0.25, 0.3) is 16.6 Å². The number of hydrogen-bond donors (Lipinski definition) is 1. The quantitative estimate of drug-likeness (QED) is 0.388. The van der Waals surface area contributed by atoms with Gasteiger partial charge in [0.25, 0.3) is 11.6 Å². The van der Waals surface area contributed by atoms with E-state index in [0.717, 1.165) is 16.6 Å². The lowest BCUT2D eigenvalue weighted by Gasteiger charge is -2.15. The Morgan fingerprint density at radius 2 is 2.07 bits per heavy atom. The number of aromatic nitrogens is 3. The first-order chi connectivity index (χ1) is 14.6. The van der Waals surface area contributed by atoms with E-state index < -0.39 is 10.8 Å². The summed E-state index contributed by atoms with van der Waals surface area (Å²) in [6.45, 7) is 0.350. The lowest BCUT2D eigenvalue weighted by molar-refractivity contribution is -0.385. The van der Waals surface area contributed by atoms with Gasteiger partial charge in [-0.3, -0.25) is 19.9 Å². The summed E-state index contributed by atoms with van der Waals surface area (Å²) >= 11 is 0. The molecule has 150 valence electrons. The van der Waals surface area contributed by atoms with Crippen LogP contribution in [-0.4, -0.2) is 32.5 Å². The smallest absolute Gasteiger partial charge is 0.282 e. The Balaban J connectivity index is 1.81. The molecule has 0 saturated carbocycles. The Kier molecular flexibility index (Phi) is 5.19. The van der Waals surface area contributed by atoms with E-state index in [-0.39, 0.29) is 11.3 Å². The van der Waals surface area contributed by atoms with E-state index in [2.05, 4.69) is 15.3 Å². The molecule has 0 saturated heterocycles. The fourth-order valence-electron chi connectivity index (χ4n) is 3.32. The first-order valence-electron chi connectivity index (χ1n) is 9.02. The van der Waals surface area contributed by atoms with Gasteiger partial charge in [0.2, 0.25) is 0 Å². The summed E-state index contributed by atoms with van der Waals surface area (Å²) in [4.78, 5) is 32.1. The summed E-state index contributed by atoms with van der Waals surface area (Å²) in [6.07, 6.45) is 6.84. The molecular weight excluding hydrogens is 386 g/mol. The highest BCUT2D eigenvalue weighted by atomic mass is 16.6. The van der Waals surface area contributed by atoms with Crippen molar-refractivity contribution in [1.82, 2.24) is 14.5 Å². The summed E-state index contributed by atoms with van der Waals surface area (Å²) in [5.41, 5.74) is 2.40. The highest BCUT2D eigenvalue weighted by Crippen LogP contribution is 2.30. The molecule has 9 heteroatoms. The average molecular weight is 403 g/mol. The molecule has 0 bridgehead atoms. The number of fused-ring (bicyclic) bond motifs is 1. The largest absolute Gasteiger partial charge is 0.380 e. The van der Waals surface area contributed by atoms with Crippen molar-refractivity contribution >= 4 is 28.2 Å². The predicted molar refractivity (Wildman–Crippen MR) is 111 cm³/mol. The van der Waals surface area contributed by atoms with Crippen LogP contribution in [-0.2, 0) is 11.3 Å². The molecule has 2 aromatic heterocycles. The molecule has 0 radical (unpaired) electrons. The number of carbonyl (C=O) groups excluding carboxylic acids is 1. The molecule has 4 aromatic rings. The molecule has 0 fully saturated rings. The number of ether oxygens (including phenoxy) is 1. The zero-order valence-electron chi connectivity index (χ0n) is 16.0. The van der Waals surface area contributed by atoms with Crippen LogP contribution in [0, 0.1) is 10.1 Å². The van der Waals surface area contributed by atoms with Gasteiger partial charge in [-0.25, -0.2) is 4.98 Å². The van der Waals surface area contributed by atoms with Crippen LogP contribution in [0.15, 0.2) is 67.4 Å². The summed E-state index contributed by atoms with van der Waals surface area (Å²) in [5, 5.41) is 14.8. The normalized spacial score (nSPS) is 10.8. The van der Waals surface area contributed by atoms with Gasteiger partial charge in [-0.1, -0.05) is 24.3 Å². The number of nitrogens with zero attached hydrogens (tertiary/aromatic N) is 4. The van der Waals surface area contributed by atoms with Crippen LogP contribution in [0.3, 0.4) is 0 Å². The highest BCUT2D eigenvalue weighted by molar-refractivity contribution is 6.11. The minimum absolute atomic E-state index is 0.0228.